The highest BCUT2D eigenvalue weighted by molar-refractivity contribution is 5.69. The lowest BCUT2D eigenvalue weighted by atomic mass is 9.98. The molecule has 0 spiro atoms. The number of hydrogen-bond acceptors (Lipinski definition) is 12. The third-order valence-electron chi connectivity index (χ3n) is 6.13. The van der Waals surface area contributed by atoms with E-state index in [9.17, 15) is 35.4 Å². The van der Waals surface area contributed by atoms with Gasteiger partial charge in [0.25, 0.3) is 11.9 Å². The molecule has 0 bridgehead atoms. The number of aromatic hydroxyl groups is 4. The minimum atomic E-state index is -1.72. The maximum absolute atomic E-state index is 11.2. The molecule has 4 rings (SSSR count). The normalized spacial score (nSPS) is 26.4. The minimum absolute atomic E-state index is 0.0205. The number of benzene rings is 2. The van der Waals surface area contributed by atoms with Crippen LogP contribution >= 0.6 is 0 Å². The summed E-state index contributed by atoms with van der Waals surface area (Å²) in [7, 11) is 2.69. The highest BCUT2D eigenvalue weighted by Crippen LogP contribution is 2.48. The predicted octanol–water partition coefficient (Wildman–Crippen LogP) is 0.545. The van der Waals surface area contributed by atoms with Gasteiger partial charge in [-0.15, -0.1) is 0 Å². The highest BCUT2D eigenvalue weighted by Gasteiger charge is 2.47. The van der Waals surface area contributed by atoms with E-state index in [1.165, 1.54) is 38.5 Å². The van der Waals surface area contributed by atoms with E-state index in [0.29, 0.717) is 5.56 Å². The molecule has 2 aromatic rings. The predicted molar refractivity (Wildman–Crippen MR) is 128 cm³/mol. The molecule has 0 aliphatic carbocycles. The monoisotopic (exact) mass is 537 g/mol. The fraction of sp³-hybridized carbons (Fsp3) is 0.400. The fourth-order valence-electron chi connectivity index (χ4n) is 4.18. The fourth-order valence-corrected chi connectivity index (χ4v) is 4.18. The van der Waals surface area contributed by atoms with Gasteiger partial charge >= 0.3 is 5.97 Å². The van der Waals surface area contributed by atoms with E-state index in [1.807, 2.05) is 0 Å². The number of aliphatic hydroxyl groups excluding tert-OH is 3. The first-order valence-corrected chi connectivity index (χ1v) is 11.5. The summed E-state index contributed by atoms with van der Waals surface area (Å²) in [6.45, 7) is 0.748. The zero-order valence-electron chi connectivity index (χ0n) is 20.6. The number of carbonyl (C=O) groups is 1. The molecule has 1 saturated heterocycles. The number of aliphatic hydroxyl groups is 4. The minimum Gasteiger partial charge on any atom is -0.571 e. The van der Waals surface area contributed by atoms with E-state index in [4.69, 9.17) is 23.7 Å². The third-order valence-corrected chi connectivity index (χ3v) is 6.13. The third kappa shape index (κ3) is 5.22. The van der Waals surface area contributed by atoms with Gasteiger partial charge in [0.1, 0.15) is 48.1 Å². The van der Waals surface area contributed by atoms with Gasteiger partial charge in [0, 0.05) is 19.1 Å². The second kappa shape index (κ2) is 10.8. The second-order valence-corrected chi connectivity index (χ2v) is 8.69. The summed E-state index contributed by atoms with van der Waals surface area (Å²) >= 11 is 0. The van der Waals surface area contributed by atoms with E-state index < -0.39 is 49.4 Å². The number of carbonyl (C=O) groups excluding carboxylic acids is 1. The first-order chi connectivity index (χ1) is 18.0. The smallest absolute Gasteiger partial charge is 0.302 e. The Kier molecular flexibility index (Phi) is 7.73. The zero-order valence-corrected chi connectivity index (χ0v) is 20.6. The number of esters is 1. The topological polar surface area (TPSA) is 197 Å². The summed E-state index contributed by atoms with van der Waals surface area (Å²) in [5.74, 6) is -1.09. The van der Waals surface area contributed by atoms with Gasteiger partial charge in [0.15, 0.2) is 17.3 Å². The Morgan fingerprint density at radius 3 is 2.24 bits per heavy atom. The standard InChI is InChI=1S/C25H28O13/c1-10(26)35-9-19-21(30)22(31)23(32)25(38-19)37-18-8-13-14(28)6-12(27)7-15(13)36-24(18)11-4-16(33-2)20(29)17(5-11)34-3/h4-8,19,21-25,27-32H,9H2,1-3H3/p+1. The Morgan fingerprint density at radius 2 is 1.63 bits per heavy atom. The Morgan fingerprint density at radius 1 is 0.974 bits per heavy atom. The van der Waals surface area contributed by atoms with Crippen LogP contribution in [0.3, 0.4) is 0 Å². The van der Waals surface area contributed by atoms with Crippen LogP contribution < -0.4 is 9.47 Å². The second-order valence-electron chi connectivity index (χ2n) is 8.69. The highest BCUT2D eigenvalue weighted by atomic mass is 16.7. The molecule has 0 aromatic heterocycles. The van der Waals surface area contributed by atoms with Crippen LogP contribution in [-0.2, 0) is 19.0 Å². The van der Waals surface area contributed by atoms with Crippen molar-refractivity contribution >= 4 is 12.0 Å². The summed E-state index contributed by atoms with van der Waals surface area (Å²) in [4.78, 5) is 11.2. The maximum Gasteiger partial charge on any atom is 0.302 e. The number of ether oxygens (including phenoxy) is 6. The average molecular weight is 537 g/mol. The molecule has 13 nitrogen and oxygen atoms in total. The lowest BCUT2D eigenvalue weighted by molar-refractivity contribution is -0.296. The Labute approximate surface area is 216 Å². The number of phenolic OH excluding ortho intramolecular Hbond substituents is 3. The van der Waals surface area contributed by atoms with Crippen LogP contribution in [0.25, 0.3) is 6.08 Å². The summed E-state index contributed by atoms with van der Waals surface area (Å²) in [5.41, 5.74) is 0.577. The van der Waals surface area contributed by atoms with Gasteiger partial charge in [-0.1, -0.05) is 0 Å². The molecule has 0 radical (unpaired) electrons. The van der Waals surface area contributed by atoms with E-state index in [2.05, 4.69) is 4.74 Å². The Bertz CT molecular complexity index is 1200. The number of hydrogen-bond donors (Lipinski definition) is 6. The van der Waals surface area contributed by atoms with Crippen LogP contribution in [-0.4, -0.2) is 92.9 Å². The van der Waals surface area contributed by atoms with E-state index >= 15 is 0 Å². The molecular weight excluding hydrogens is 508 g/mol. The van der Waals surface area contributed by atoms with Gasteiger partial charge < -0.3 is 59.1 Å². The van der Waals surface area contributed by atoms with Gasteiger partial charge in [0.2, 0.25) is 12.0 Å². The molecule has 13 heteroatoms. The van der Waals surface area contributed by atoms with Crippen LogP contribution in [0.5, 0.6) is 34.5 Å². The average Bonchev–Trinajstić information content (AvgIpc) is 2.88. The maximum atomic E-state index is 11.2. The van der Waals surface area contributed by atoms with Crippen molar-refractivity contribution in [1.82, 2.24) is 0 Å². The lowest BCUT2D eigenvalue weighted by Crippen LogP contribution is -2.59. The van der Waals surface area contributed by atoms with Gasteiger partial charge in [-0.3, -0.25) is 4.79 Å². The lowest BCUT2D eigenvalue weighted by Gasteiger charge is -2.40. The van der Waals surface area contributed by atoms with Gasteiger partial charge in [-0.2, -0.15) is 0 Å². The molecule has 2 aliphatic heterocycles. The van der Waals surface area contributed by atoms with Crippen LogP contribution in [0.1, 0.15) is 24.2 Å². The Hall–Kier alpha value is -3.91. The summed E-state index contributed by atoms with van der Waals surface area (Å²) in [6.07, 6.45) is -7.39. The van der Waals surface area contributed by atoms with E-state index in [-0.39, 0.29) is 45.8 Å². The largest absolute Gasteiger partial charge is 0.571 e. The van der Waals surface area contributed by atoms with Crippen LogP contribution in [0, 0.1) is 0 Å². The zero-order chi connectivity index (χ0) is 27.7. The molecule has 0 amide bonds. The molecule has 2 heterocycles. The number of rotatable bonds is 7. The van der Waals surface area contributed by atoms with Crippen molar-refractivity contribution in [2.45, 2.75) is 43.7 Å². The molecule has 7 N–H and O–H groups in total. The van der Waals surface area contributed by atoms with Crippen molar-refractivity contribution < 1.29 is 63.9 Å². The van der Waals surface area contributed by atoms with Crippen LogP contribution in [0.15, 0.2) is 30.0 Å². The molecule has 38 heavy (non-hydrogen) atoms. The van der Waals surface area contributed by atoms with Gasteiger partial charge in [0.05, 0.1) is 25.8 Å². The van der Waals surface area contributed by atoms with Gasteiger partial charge in [-0.05, 0) is 12.1 Å². The summed E-state index contributed by atoms with van der Waals surface area (Å²) < 4.78 is 31.5. The molecule has 1 fully saturated rings. The molecule has 6 unspecified atom stereocenters. The quantitative estimate of drug-likeness (QED) is 0.212. The number of fused-ring (bicyclic) bond motifs is 1. The van der Waals surface area contributed by atoms with Crippen molar-refractivity contribution in [2.24, 2.45) is 0 Å². The number of phenols is 3. The first-order valence-electron chi connectivity index (χ1n) is 11.5. The summed E-state index contributed by atoms with van der Waals surface area (Å²) in [5, 5.41) is 62.0. The molecule has 2 aromatic carbocycles. The molecule has 6 atom stereocenters. The van der Waals surface area contributed by atoms with E-state index in [0.717, 1.165) is 13.0 Å². The molecule has 0 saturated carbocycles. The van der Waals surface area contributed by atoms with Gasteiger partial charge in [-0.25, -0.2) is 0 Å². The van der Waals surface area contributed by atoms with Crippen molar-refractivity contribution in [1.29, 1.82) is 0 Å². The van der Waals surface area contributed by atoms with Crippen molar-refractivity contribution in [3.8, 4) is 34.5 Å². The van der Waals surface area contributed by atoms with Crippen molar-refractivity contribution in [3.63, 3.8) is 0 Å². The van der Waals surface area contributed by atoms with Crippen molar-refractivity contribution in [2.75, 3.05) is 20.8 Å². The number of methoxy groups -OCH3 is 2. The van der Waals surface area contributed by atoms with Crippen molar-refractivity contribution in [3.05, 3.63) is 41.2 Å². The molecular formula is C25H29O13+. The van der Waals surface area contributed by atoms with Crippen LogP contribution in [0.2, 0.25) is 0 Å². The summed E-state index contributed by atoms with van der Waals surface area (Å²) in [6, 6.07) is 5.37. The van der Waals surface area contributed by atoms with Crippen LogP contribution in [0.4, 0.5) is 0 Å². The Balaban J connectivity index is 1.75. The molecule has 206 valence electrons. The molecule has 2 aliphatic rings. The van der Waals surface area contributed by atoms with E-state index in [1.54, 1.807) is 0 Å². The SMILES string of the molecule is COc1cc(C2[OH+]c3cc(O)cc(O)c3C=C2OC2OC(COC(C)=O)C(O)C(O)C2O)cc(OC)c1O. The first kappa shape index (κ1) is 27.1.